The Labute approximate surface area is 148 Å². The van der Waals surface area contributed by atoms with Gasteiger partial charge in [-0.2, -0.15) is 0 Å². The van der Waals surface area contributed by atoms with E-state index in [4.69, 9.17) is 28.3 Å². The highest BCUT2D eigenvalue weighted by Gasteiger charge is 2.25. The van der Waals surface area contributed by atoms with Crippen LogP contribution < -0.4 is 5.01 Å². The monoisotopic (exact) mass is 368 g/mol. The summed E-state index contributed by atoms with van der Waals surface area (Å²) < 4.78 is 1.39. The molecule has 0 bridgehead atoms. The van der Waals surface area contributed by atoms with Crippen LogP contribution >= 0.6 is 23.2 Å². The molecule has 0 saturated heterocycles. The van der Waals surface area contributed by atoms with E-state index in [-0.39, 0.29) is 10.6 Å². The second kappa shape index (κ2) is 7.07. The molecule has 0 aliphatic carbocycles. The zero-order chi connectivity index (χ0) is 18.0. The number of aldehydes is 1. The molecule has 0 saturated carbocycles. The molecule has 1 heterocycles. The van der Waals surface area contributed by atoms with Crippen molar-refractivity contribution in [1.29, 1.82) is 0 Å². The number of carboxylic acid groups (broad SMARTS) is 1. The van der Waals surface area contributed by atoms with Gasteiger partial charge in [-0.1, -0.05) is 23.2 Å². The summed E-state index contributed by atoms with van der Waals surface area (Å²) in [7, 11) is 0. The number of amides is 1. The number of hydrogen-bond acceptors (Lipinski definition) is 3. The molecule has 0 aliphatic rings. The summed E-state index contributed by atoms with van der Waals surface area (Å²) in [5, 5.41) is 10.7. The molecule has 1 N–H and O–H groups in total. The number of halogens is 2. The molecule has 0 atom stereocenters. The van der Waals surface area contributed by atoms with Crippen molar-refractivity contribution in [2.75, 3.05) is 11.6 Å². The minimum atomic E-state index is -1.20. The number of carbonyl (C=O) groups excluding carboxylic acids is 2. The number of benzene rings is 1. The van der Waals surface area contributed by atoms with E-state index in [0.29, 0.717) is 28.3 Å². The molecule has 6 nitrogen and oxygen atoms in total. The van der Waals surface area contributed by atoms with E-state index in [1.54, 1.807) is 19.9 Å². The molecule has 1 aromatic carbocycles. The fourth-order valence-electron chi connectivity index (χ4n) is 2.43. The van der Waals surface area contributed by atoms with Crippen molar-refractivity contribution in [3.8, 4) is 0 Å². The predicted octanol–water partition coefficient (Wildman–Crippen LogP) is 3.09. The fourth-order valence-corrected chi connectivity index (χ4v) is 2.92. The van der Waals surface area contributed by atoms with E-state index in [0.717, 1.165) is 5.01 Å². The number of rotatable bonds is 5. The zero-order valence-electron chi connectivity index (χ0n) is 12.9. The van der Waals surface area contributed by atoms with E-state index in [1.165, 1.54) is 22.9 Å². The Balaban J connectivity index is 2.57. The van der Waals surface area contributed by atoms with E-state index in [1.807, 2.05) is 0 Å². The van der Waals surface area contributed by atoms with Crippen LogP contribution in [0.25, 0.3) is 0 Å². The number of carboxylic acids is 1. The van der Waals surface area contributed by atoms with E-state index >= 15 is 0 Å². The largest absolute Gasteiger partial charge is 0.480 e. The second-order valence-electron chi connectivity index (χ2n) is 5.14. The van der Waals surface area contributed by atoms with Gasteiger partial charge in [0, 0.05) is 22.0 Å². The van der Waals surface area contributed by atoms with Crippen LogP contribution in [0, 0.1) is 13.8 Å². The molecular formula is C16H14Cl2N2O4. The Bertz CT molecular complexity index is 830. The average molecular weight is 369 g/mol. The van der Waals surface area contributed by atoms with E-state index in [9.17, 15) is 14.4 Å². The first-order valence-electron chi connectivity index (χ1n) is 6.89. The summed E-state index contributed by atoms with van der Waals surface area (Å²) in [4.78, 5) is 35.2. The molecule has 0 fully saturated rings. The molecule has 0 aliphatic heterocycles. The van der Waals surface area contributed by atoms with Gasteiger partial charge in [-0.15, -0.1) is 0 Å². The highest BCUT2D eigenvalue weighted by Crippen LogP contribution is 2.23. The number of nitrogens with zero attached hydrogens (tertiary/aromatic N) is 2. The maximum atomic E-state index is 12.8. The summed E-state index contributed by atoms with van der Waals surface area (Å²) in [5.74, 6) is -1.81. The van der Waals surface area contributed by atoms with Gasteiger partial charge in [0.05, 0.1) is 10.6 Å². The van der Waals surface area contributed by atoms with Crippen molar-refractivity contribution >= 4 is 41.4 Å². The number of carbonyl (C=O) groups is 3. The maximum absolute atomic E-state index is 12.8. The lowest BCUT2D eigenvalue weighted by Crippen LogP contribution is -2.45. The Kier molecular flexibility index (Phi) is 5.31. The molecule has 1 aromatic heterocycles. The standard InChI is InChI=1S/C16H14Cl2N2O4/c1-9-5-11(8-21)10(2)20(9)19(7-15(22)23)16(24)13-4-3-12(17)6-14(13)18/h3-6,8H,7H2,1-2H3,(H,22,23). The Morgan fingerprint density at radius 3 is 2.42 bits per heavy atom. The van der Waals surface area contributed by atoms with Crippen molar-refractivity contribution in [1.82, 2.24) is 4.68 Å². The first kappa shape index (κ1) is 18.0. The van der Waals surface area contributed by atoms with Gasteiger partial charge in [-0.25, -0.2) is 5.01 Å². The third-order valence-corrected chi connectivity index (χ3v) is 4.03. The number of aryl methyl sites for hydroxylation is 1. The maximum Gasteiger partial charge on any atom is 0.325 e. The molecular weight excluding hydrogens is 355 g/mol. The third kappa shape index (κ3) is 3.44. The van der Waals surface area contributed by atoms with Crippen molar-refractivity contribution in [3.63, 3.8) is 0 Å². The minimum absolute atomic E-state index is 0.112. The molecule has 8 heteroatoms. The number of aliphatic carboxylic acids is 1. The zero-order valence-corrected chi connectivity index (χ0v) is 14.4. The highest BCUT2D eigenvalue weighted by atomic mass is 35.5. The van der Waals surface area contributed by atoms with Gasteiger partial charge in [-0.3, -0.25) is 19.1 Å². The quantitative estimate of drug-likeness (QED) is 0.822. The second-order valence-corrected chi connectivity index (χ2v) is 5.98. The predicted molar refractivity (Wildman–Crippen MR) is 90.8 cm³/mol. The summed E-state index contributed by atoms with van der Waals surface area (Å²) >= 11 is 11.9. The molecule has 126 valence electrons. The van der Waals surface area contributed by atoms with Crippen LogP contribution in [-0.2, 0) is 4.79 Å². The van der Waals surface area contributed by atoms with Crippen LogP contribution in [0.3, 0.4) is 0 Å². The Morgan fingerprint density at radius 2 is 1.92 bits per heavy atom. The van der Waals surface area contributed by atoms with Crippen LogP contribution in [0.15, 0.2) is 24.3 Å². The number of hydrogen-bond donors (Lipinski definition) is 1. The topological polar surface area (TPSA) is 79.6 Å². The van der Waals surface area contributed by atoms with Gasteiger partial charge in [-0.05, 0) is 38.1 Å². The Morgan fingerprint density at radius 1 is 1.25 bits per heavy atom. The Hall–Kier alpha value is -2.31. The molecule has 0 spiro atoms. The molecule has 1 amide bonds. The van der Waals surface area contributed by atoms with E-state index < -0.39 is 18.4 Å². The van der Waals surface area contributed by atoms with Crippen LogP contribution in [0.4, 0.5) is 0 Å². The first-order chi connectivity index (χ1) is 11.3. The fraction of sp³-hybridized carbons (Fsp3) is 0.188. The summed E-state index contributed by atoms with van der Waals surface area (Å²) in [5.41, 5.74) is 1.50. The van der Waals surface area contributed by atoms with Crippen molar-refractivity contribution in [3.05, 3.63) is 56.8 Å². The third-order valence-electron chi connectivity index (χ3n) is 3.48. The van der Waals surface area contributed by atoms with Crippen molar-refractivity contribution < 1.29 is 19.5 Å². The van der Waals surface area contributed by atoms with E-state index in [2.05, 4.69) is 0 Å². The summed E-state index contributed by atoms with van der Waals surface area (Å²) in [6, 6.07) is 5.90. The van der Waals surface area contributed by atoms with Gasteiger partial charge in [0.2, 0.25) is 0 Å². The first-order valence-corrected chi connectivity index (χ1v) is 7.65. The minimum Gasteiger partial charge on any atom is -0.480 e. The van der Waals surface area contributed by atoms with Gasteiger partial charge in [0.15, 0.2) is 6.29 Å². The molecule has 0 unspecified atom stereocenters. The average Bonchev–Trinajstić information content (AvgIpc) is 2.78. The van der Waals surface area contributed by atoms with Crippen molar-refractivity contribution in [2.45, 2.75) is 13.8 Å². The van der Waals surface area contributed by atoms with Crippen LogP contribution in [0.5, 0.6) is 0 Å². The lowest BCUT2D eigenvalue weighted by Gasteiger charge is -2.26. The lowest BCUT2D eigenvalue weighted by molar-refractivity contribution is -0.135. The lowest BCUT2D eigenvalue weighted by atomic mass is 10.2. The molecule has 2 rings (SSSR count). The normalized spacial score (nSPS) is 10.5. The summed E-state index contributed by atoms with van der Waals surface area (Å²) in [6.45, 7) is 2.71. The SMILES string of the molecule is Cc1cc(C=O)c(C)n1N(CC(=O)O)C(=O)c1ccc(Cl)cc1Cl. The van der Waals surface area contributed by atoms with Gasteiger partial charge < -0.3 is 5.11 Å². The summed E-state index contributed by atoms with van der Waals surface area (Å²) in [6.07, 6.45) is 0.650. The molecule has 2 aromatic rings. The molecule has 0 radical (unpaired) electrons. The van der Waals surface area contributed by atoms with Crippen LogP contribution in [0.2, 0.25) is 10.0 Å². The van der Waals surface area contributed by atoms with Crippen LogP contribution in [-0.4, -0.2) is 34.5 Å². The van der Waals surface area contributed by atoms with Gasteiger partial charge in [0.25, 0.3) is 5.91 Å². The molecule has 24 heavy (non-hydrogen) atoms. The van der Waals surface area contributed by atoms with Crippen LogP contribution in [0.1, 0.15) is 32.1 Å². The highest BCUT2D eigenvalue weighted by molar-refractivity contribution is 6.37. The number of aromatic nitrogens is 1. The smallest absolute Gasteiger partial charge is 0.325 e. The van der Waals surface area contributed by atoms with Gasteiger partial charge >= 0.3 is 5.97 Å². The van der Waals surface area contributed by atoms with Gasteiger partial charge in [0.1, 0.15) is 6.54 Å². The van der Waals surface area contributed by atoms with Crippen molar-refractivity contribution in [2.24, 2.45) is 0 Å².